The molecule has 0 aliphatic heterocycles. The van der Waals surface area contributed by atoms with Crippen molar-refractivity contribution in [2.75, 3.05) is 0 Å². The van der Waals surface area contributed by atoms with Crippen LogP contribution >= 0.6 is 0 Å². The molecule has 0 saturated carbocycles. The van der Waals surface area contributed by atoms with Gasteiger partial charge in [0.2, 0.25) is 10.9 Å². The van der Waals surface area contributed by atoms with Crippen LogP contribution in [-0.4, -0.2) is 14.5 Å². The standard InChI is InChI=1S/C23H15N3O5/c27-20-16-17(21(28)19-18(20)24-10-11-25-19)23(30)26(22(16)29)12-13-6-8-15(9-7-13)31-14-4-2-1-3-5-14/h1-11,24-25H,12H2. The number of hydrogen-bond acceptors (Lipinski definition) is 5. The average molecular weight is 413 g/mol. The van der Waals surface area contributed by atoms with E-state index in [0.717, 1.165) is 4.57 Å². The van der Waals surface area contributed by atoms with Crippen molar-refractivity contribution < 1.29 is 4.74 Å². The molecule has 2 N–H and O–H groups in total. The van der Waals surface area contributed by atoms with E-state index in [4.69, 9.17) is 4.74 Å². The maximum absolute atomic E-state index is 12.9. The summed E-state index contributed by atoms with van der Waals surface area (Å²) in [4.78, 5) is 56.5. The zero-order valence-electron chi connectivity index (χ0n) is 16.0. The molecule has 2 heterocycles. The maximum atomic E-state index is 12.9. The Morgan fingerprint density at radius 2 is 1.19 bits per heavy atom. The molecule has 0 spiro atoms. The number of aromatic nitrogens is 3. The predicted octanol–water partition coefficient (Wildman–Crippen LogP) is 2.17. The van der Waals surface area contributed by atoms with E-state index < -0.39 is 22.0 Å². The fraction of sp³-hybridized carbons (Fsp3) is 0.0435. The number of para-hydroxylation sites is 1. The summed E-state index contributed by atoms with van der Waals surface area (Å²) >= 11 is 0. The van der Waals surface area contributed by atoms with Crippen LogP contribution in [0, 0.1) is 0 Å². The van der Waals surface area contributed by atoms with Crippen LogP contribution in [0.15, 0.2) is 86.2 Å². The predicted molar refractivity (Wildman–Crippen MR) is 116 cm³/mol. The molecule has 3 aromatic carbocycles. The number of nitrogens with zero attached hydrogens (tertiary/aromatic N) is 1. The van der Waals surface area contributed by atoms with Gasteiger partial charge in [-0.2, -0.15) is 0 Å². The van der Waals surface area contributed by atoms with Gasteiger partial charge >= 0.3 is 0 Å². The van der Waals surface area contributed by atoms with E-state index >= 15 is 0 Å². The van der Waals surface area contributed by atoms with Gasteiger partial charge in [0.05, 0.1) is 6.54 Å². The average Bonchev–Trinajstić information content (AvgIpc) is 3.04. The second-order valence-electron chi connectivity index (χ2n) is 7.04. The smallest absolute Gasteiger partial charge is 0.266 e. The van der Waals surface area contributed by atoms with Gasteiger partial charge in [0, 0.05) is 12.4 Å². The normalized spacial score (nSPS) is 11.2. The highest BCUT2D eigenvalue weighted by molar-refractivity contribution is 5.94. The summed E-state index contributed by atoms with van der Waals surface area (Å²) in [6.07, 6.45) is 2.88. The monoisotopic (exact) mass is 413 g/mol. The molecule has 152 valence electrons. The summed E-state index contributed by atoms with van der Waals surface area (Å²) in [7, 11) is 0. The number of hydrogen-bond donors (Lipinski definition) is 2. The Morgan fingerprint density at radius 3 is 1.74 bits per heavy atom. The van der Waals surface area contributed by atoms with E-state index in [1.54, 1.807) is 24.3 Å². The first-order valence-electron chi connectivity index (χ1n) is 9.48. The van der Waals surface area contributed by atoms with Gasteiger partial charge in [-0.05, 0) is 29.8 Å². The van der Waals surface area contributed by atoms with Crippen molar-refractivity contribution in [3.8, 4) is 11.5 Å². The minimum Gasteiger partial charge on any atom is -0.457 e. The molecule has 31 heavy (non-hydrogen) atoms. The van der Waals surface area contributed by atoms with Crippen LogP contribution in [0.5, 0.6) is 11.5 Å². The van der Waals surface area contributed by atoms with Crippen molar-refractivity contribution in [3.63, 3.8) is 0 Å². The molecular formula is C23H15N3O5. The molecule has 0 aliphatic rings. The van der Waals surface area contributed by atoms with E-state index in [1.165, 1.54) is 12.4 Å². The van der Waals surface area contributed by atoms with E-state index in [1.807, 2.05) is 30.3 Å². The van der Waals surface area contributed by atoms with Crippen LogP contribution in [0.4, 0.5) is 0 Å². The van der Waals surface area contributed by atoms with Gasteiger partial charge in [0.1, 0.15) is 33.3 Å². The van der Waals surface area contributed by atoms with E-state index in [0.29, 0.717) is 17.1 Å². The lowest BCUT2D eigenvalue weighted by Gasteiger charge is -2.06. The van der Waals surface area contributed by atoms with Crippen LogP contribution in [0.2, 0.25) is 0 Å². The highest BCUT2D eigenvalue weighted by Crippen LogP contribution is 2.21. The third-order valence-corrected chi connectivity index (χ3v) is 5.11. The Kier molecular flexibility index (Phi) is 4.25. The van der Waals surface area contributed by atoms with Crippen LogP contribution in [0.25, 0.3) is 21.8 Å². The fourth-order valence-corrected chi connectivity index (χ4v) is 3.61. The third kappa shape index (κ3) is 3.01. The second kappa shape index (κ2) is 7.10. The highest BCUT2D eigenvalue weighted by atomic mass is 16.5. The fourth-order valence-electron chi connectivity index (χ4n) is 3.61. The Morgan fingerprint density at radius 1 is 0.677 bits per heavy atom. The summed E-state index contributed by atoms with van der Waals surface area (Å²) in [5.41, 5.74) is -2.30. The summed E-state index contributed by atoms with van der Waals surface area (Å²) in [5.74, 6) is 1.28. The van der Waals surface area contributed by atoms with Crippen molar-refractivity contribution >= 4 is 21.8 Å². The zero-order chi connectivity index (χ0) is 21.5. The Bertz CT molecular complexity index is 1570. The van der Waals surface area contributed by atoms with Gasteiger partial charge < -0.3 is 14.7 Å². The molecule has 0 bridgehead atoms. The van der Waals surface area contributed by atoms with E-state index in [9.17, 15) is 19.2 Å². The maximum Gasteiger partial charge on any atom is 0.266 e. The molecule has 5 rings (SSSR count). The summed E-state index contributed by atoms with van der Waals surface area (Å²) < 4.78 is 6.65. The van der Waals surface area contributed by atoms with Crippen LogP contribution in [0.3, 0.4) is 0 Å². The molecular weight excluding hydrogens is 398 g/mol. The van der Waals surface area contributed by atoms with E-state index in [-0.39, 0.29) is 28.4 Å². The summed E-state index contributed by atoms with van der Waals surface area (Å²) in [5, 5.41) is -0.773. The number of nitrogens with one attached hydrogen (secondary N) is 2. The third-order valence-electron chi connectivity index (χ3n) is 5.11. The summed E-state index contributed by atoms with van der Waals surface area (Å²) in [6.45, 7) is -0.0688. The van der Waals surface area contributed by atoms with Crippen molar-refractivity contribution in [3.05, 3.63) is 114 Å². The topological polar surface area (TPSA) is 114 Å². The first kappa shape index (κ1) is 18.6. The molecule has 0 radical (unpaired) electrons. The molecule has 8 nitrogen and oxygen atoms in total. The number of rotatable bonds is 4. The number of fused-ring (bicyclic) bond motifs is 2. The molecule has 0 saturated heterocycles. The second-order valence-corrected chi connectivity index (χ2v) is 7.04. The molecule has 2 aromatic heterocycles. The number of ether oxygens (including phenoxy) is 1. The van der Waals surface area contributed by atoms with Crippen LogP contribution in [-0.2, 0) is 6.54 Å². The van der Waals surface area contributed by atoms with Gasteiger partial charge in [-0.1, -0.05) is 30.3 Å². The SMILES string of the molecule is O=c1c2[nH]cc[nH]c2c(=O)c2c(=O)n(Cc3ccc(Oc4ccccc4)cc3)c(=O)c12. The minimum absolute atomic E-state index is 0.0309. The number of aromatic amines is 2. The van der Waals surface area contributed by atoms with E-state index in [2.05, 4.69) is 9.97 Å². The quantitative estimate of drug-likeness (QED) is 0.469. The summed E-state index contributed by atoms with van der Waals surface area (Å²) in [6, 6.07) is 16.1. The van der Waals surface area contributed by atoms with Crippen molar-refractivity contribution in [1.82, 2.24) is 14.5 Å². The molecule has 5 aromatic rings. The molecule has 0 fully saturated rings. The van der Waals surface area contributed by atoms with Gasteiger partial charge in [-0.3, -0.25) is 23.7 Å². The van der Waals surface area contributed by atoms with Crippen LogP contribution < -0.4 is 26.7 Å². The van der Waals surface area contributed by atoms with Gasteiger partial charge in [-0.25, -0.2) is 0 Å². The van der Waals surface area contributed by atoms with Crippen molar-refractivity contribution in [2.24, 2.45) is 0 Å². The minimum atomic E-state index is -0.772. The molecule has 0 atom stereocenters. The lowest BCUT2D eigenvalue weighted by molar-refractivity contribution is 0.482. The Labute approximate surface area is 173 Å². The lowest BCUT2D eigenvalue weighted by atomic mass is 10.1. The first-order valence-corrected chi connectivity index (χ1v) is 9.48. The van der Waals surface area contributed by atoms with Crippen LogP contribution in [0.1, 0.15) is 5.56 Å². The molecule has 8 heteroatoms. The van der Waals surface area contributed by atoms with Crippen molar-refractivity contribution in [2.45, 2.75) is 6.54 Å². The molecule has 0 aliphatic carbocycles. The number of benzene rings is 3. The first-order chi connectivity index (χ1) is 15.0. The van der Waals surface area contributed by atoms with Gasteiger partial charge in [0.15, 0.2) is 0 Å². The molecule has 0 unspecified atom stereocenters. The molecule has 0 amide bonds. The number of H-pyrrole nitrogens is 2. The highest BCUT2D eigenvalue weighted by Gasteiger charge is 2.22. The largest absolute Gasteiger partial charge is 0.457 e. The lowest BCUT2D eigenvalue weighted by Crippen LogP contribution is -2.27. The zero-order valence-corrected chi connectivity index (χ0v) is 16.0. The van der Waals surface area contributed by atoms with Gasteiger partial charge in [0.25, 0.3) is 11.1 Å². The Balaban J connectivity index is 1.56. The van der Waals surface area contributed by atoms with Crippen molar-refractivity contribution in [1.29, 1.82) is 0 Å². The van der Waals surface area contributed by atoms with Gasteiger partial charge in [-0.15, -0.1) is 0 Å². The Hall–Kier alpha value is -4.46.